The highest BCUT2D eigenvalue weighted by molar-refractivity contribution is 5.96. The number of amides is 1. The van der Waals surface area contributed by atoms with Gasteiger partial charge in [-0.3, -0.25) is 4.79 Å². The lowest BCUT2D eigenvalue weighted by Crippen LogP contribution is -2.37. The number of hydrogen-bond donors (Lipinski definition) is 1. The molecule has 1 amide bonds. The minimum Gasteiger partial charge on any atom is -0.397 e. The molecule has 2 aliphatic rings. The molecule has 19 heavy (non-hydrogen) atoms. The number of fused-ring (bicyclic) bond motifs is 2. The normalized spacial score (nSPS) is 24.8. The molecule has 1 saturated carbocycles. The maximum atomic E-state index is 12.5. The molecule has 1 saturated heterocycles. The average Bonchev–Trinajstić information content (AvgIpc) is 2.99. The number of nitrogens with two attached hydrogens (primary N) is 1. The molecule has 2 N–H and O–H groups in total. The van der Waals surface area contributed by atoms with Crippen LogP contribution in [-0.4, -0.2) is 37.5 Å². The summed E-state index contributed by atoms with van der Waals surface area (Å²) in [7, 11) is 3.90. The van der Waals surface area contributed by atoms with Crippen LogP contribution >= 0.6 is 0 Å². The van der Waals surface area contributed by atoms with Gasteiger partial charge in [0.2, 0.25) is 0 Å². The van der Waals surface area contributed by atoms with Crippen molar-refractivity contribution in [1.29, 1.82) is 0 Å². The number of nitrogen functional groups attached to an aromatic ring is 1. The van der Waals surface area contributed by atoms with Crippen LogP contribution in [0.5, 0.6) is 0 Å². The van der Waals surface area contributed by atoms with Crippen molar-refractivity contribution in [3.63, 3.8) is 0 Å². The molecule has 1 heterocycles. The van der Waals surface area contributed by atoms with Crippen molar-refractivity contribution < 1.29 is 4.79 Å². The predicted octanol–water partition coefficient (Wildman–Crippen LogP) is 1.96. The maximum absolute atomic E-state index is 12.5. The van der Waals surface area contributed by atoms with Gasteiger partial charge in [-0.25, -0.2) is 0 Å². The quantitative estimate of drug-likeness (QED) is 0.826. The molecule has 102 valence electrons. The Morgan fingerprint density at radius 2 is 2.16 bits per heavy atom. The fourth-order valence-electron chi connectivity index (χ4n) is 3.43. The number of carbonyl (C=O) groups excluding carboxylic acids is 1. The second-order valence-electron chi connectivity index (χ2n) is 5.96. The van der Waals surface area contributed by atoms with Gasteiger partial charge in [-0.05, 0) is 43.4 Å². The number of carbonyl (C=O) groups is 1. The SMILES string of the molecule is CN(C)c1ccc(C(=O)N2CC3CCC2C3)cc1N. The van der Waals surface area contributed by atoms with Crippen LogP contribution in [0.2, 0.25) is 0 Å². The van der Waals surface area contributed by atoms with Crippen molar-refractivity contribution in [1.82, 2.24) is 4.90 Å². The Labute approximate surface area is 114 Å². The topological polar surface area (TPSA) is 49.6 Å². The Kier molecular flexibility index (Phi) is 2.88. The third-order valence-corrected chi connectivity index (χ3v) is 4.43. The van der Waals surface area contributed by atoms with Gasteiger partial charge in [0, 0.05) is 32.2 Å². The summed E-state index contributed by atoms with van der Waals surface area (Å²) in [5.74, 6) is 0.872. The molecule has 4 nitrogen and oxygen atoms in total. The van der Waals surface area contributed by atoms with Crippen molar-refractivity contribution in [2.24, 2.45) is 5.92 Å². The lowest BCUT2D eigenvalue weighted by atomic mass is 10.1. The zero-order valence-electron chi connectivity index (χ0n) is 11.6. The number of anilines is 2. The van der Waals surface area contributed by atoms with Gasteiger partial charge in [0.25, 0.3) is 5.91 Å². The fraction of sp³-hybridized carbons (Fsp3) is 0.533. The molecule has 3 rings (SSSR count). The number of likely N-dealkylation sites (tertiary alicyclic amines) is 1. The summed E-state index contributed by atoms with van der Waals surface area (Å²) >= 11 is 0. The van der Waals surface area contributed by atoms with E-state index in [0.717, 1.165) is 23.7 Å². The zero-order chi connectivity index (χ0) is 13.6. The molecule has 1 aliphatic heterocycles. The van der Waals surface area contributed by atoms with E-state index >= 15 is 0 Å². The Hall–Kier alpha value is -1.71. The van der Waals surface area contributed by atoms with Gasteiger partial charge in [-0.15, -0.1) is 0 Å². The van der Waals surface area contributed by atoms with Crippen molar-refractivity contribution in [3.8, 4) is 0 Å². The van der Waals surface area contributed by atoms with Gasteiger partial charge in [0.1, 0.15) is 0 Å². The number of rotatable bonds is 2. The molecule has 0 aromatic heterocycles. The molecule has 2 unspecified atom stereocenters. The van der Waals surface area contributed by atoms with E-state index in [2.05, 4.69) is 0 Å². The van der Waals surface area contributed by atoms with Crippen LogP contribution in [-0.2, 0) is 0 Å². The van der Waals surface area contributed by atoms with Gasteiger partial charge in [-0.2, -0.15) is 0 Å². The van der Waals surface area contributed by atoms with Crippen molar-refractivity contribution >= 4 is 17.3 Å². The first kappa shape index (κ1) is 12.3. The molecule has 4 heteroatoms. The summed E-state index contributed by atoms with van der Waals surface area (Å²) in [6.45, 7) is 0.929. The van der Waals surface area contributed by atoms with E-state index in [1.165, 1.54) is 19.3 Å². The largest absolute Gasteiger partial charge is 0.397 e. The Bertz CT molecular complexity index is 512. The van der Waals surface area contributed by atoms with Crippen LogP contribution in [0, 0.1) is 5.92 Å². The predicted molar refractivity (Wildman–Crippen MR) is 77.3 cm³/mol. The average molecular weight is 259 g/mol. The highest BCUT2D eigenvalue weighted by Gasteiger charge is 2.40. The Morgan fingerprint density at radius 1 is 1.37 bits per heavy atom. The minimum absolute atomic E-state index is 0.143. The molecule has 2 bridgehead atoms. The van der Waals surface area contributed by atoms with Crippen LogP contribution in [0.1, 0.15) is 29.6 Å². The van der Waals surface area contributed by atoms with Crippen molar-refractivity contribution in [3.05, 3.63) is 23.8 Å². The van der Waals surface area contributed by atoms with Crippen molar-refractivity contribution in [2.45, 2.75) is 25.3 Å². The lowest BCUT2D eigenvalue weighted by Gasteiger charge is -2.27. The third-order valence-electron chi connectivity index (χ3n) is 4.43. The molecule has 1 aromatic carbocycles. The highest BCUT2D eigenvalue weighted by Crippen LogP contribution is 2.38. The van der Waals surface area contributed by atoms with E-state index in [9.17, 15) is 4.79 Å². The Balaban J connectivity index is 1.82. The second-order valence-corrected chi connectivity index (χ2v) is 5.96. The standard InChI is InChI=1S/C15H21N3O/c1-17(2)14-6-4-11(8-13(14)16)15(19)18-9-10-3-5-12(18)7-10/h4,6,8,10,12H,3,5,7,9,16H2,1-2H3. The minimum atomic E-state index is 0.143. The van der Waals surface area contributed by atoms with Gasteiger partial charge in [0.05, 0.1) is 11.4 Å². The third kappa shape index (κ3) is 2.05. The van der Waals surface area contributed by atoms with Gasteiger partial charge < -0.3 is 15.5 Å². The first-order valence-electron chi connectivity index (χ1n) is 6.94. The smallest absolute Gasteiger partial charge is 0.254 e. The van der Waals surface area contributed by atoms with E-state index in [4.69, 9.17) is 5.73 Å². The monoisotopic (exact) mass is 259 g/mol. The van der Waals surface area contributed by atoms with Crippen LogP contribution in [0.15, 0.2) is 18.2 Å². The number of nitrogens with zero attached hydrogens (tertiary/aromatic N) is 2. The first-order valence-corrected chi connectivity index (χ1v) is 6.94. The van der Waals surface area contributed by atoms with Crippen LogP contribution in [0.4, 0.5) is 11.4 Å². The van der Waals surface area contributed by atoms with E-state index in [-0.39, 0.29) is 5.91 Å². The number of piperidine rings is 1. The van der Waals surface area contributed by atoms with E-state index in [1.807, 2.05) is 42.1 Å². The van der Waals surface area contributed by atoms with Gasteiger partial charge in [0.15, 0.2) is 0 Å². The number of benzene rings is 1. The fourth-order valence-corrected chi connectivity index (χ4v) is 3.43. The summed E-state index contributed by atoms with van der Waals surface area (Å²) in [6, 6.07) is 6.09. The van der Waals surface area contributed by atoms with E-state index in [0.29, 0.717) is 11.7 Å². The zero-order valence-corrected chi connectivity index (χ0v) is 11.6. The molecule has 2 fully saturated rings. The van der Waals surface area contributed by atoms with Crippen molar-refractivity contribution in [2.75, 3.05) is 31.3 Å². The van der Waals surface area contributed by atoms with E-state index < -0.39 is 0 Å². The maximum Gasteiger partial charge on any atom is 0.254 e. The van der Waals surface area contributed by atoms with Gasteiger partial charge >= 0.3 is 0 Å². The van der Waals surface area contributed by atoms with Crippen LogP contribution in [0.3, 0.4) is 0 Å². The molecular formula is C15H21N3O. The molecule has 0 spiro atoms. The van der Waals surface area contributed by atoms with Gasteiger partial charge in [-0.1, -0.05) is 0 Å². The summed E-state index contributed by atoms with van der Waals surface area (Å²) in [6.07, 6.45) is 3.65. The second kappa shape index (κ2) is 4.44. The molecule has 2 atom stereocenters. The summed E-state index contributed by atoms with van der Waals surface area (Å²) in [5.41, 5.74) is 8.37. The molecule has 0 radical (unpaired) electrons. The summed E-state index contributed by atoms with van der Waals surface area (Å²) in [4.78, 5) is 16.5. The molecule has 1 aliphatic carbocycles. The molecular weight excluding hydrogens is 238 g/mol. The number of hydrogen-bond acceptors (Lipinski definition) is 3. The highest BCUT2D eigenvalue weighted by atomic mass is 16.2. The van der Waals surface area contributed by atoms with Crippen LogP contribution < -0.4 is 10.6 Å². The Morgan fingerprint density at radius 3 is 2.68 bits per heavy atom. The lowest BCUT2D eigenvalue weighted by molar-refractivity contribution is 0.0703. The first-order chi connectivity index (χ1) is 9.06. The summed E-state index contributed by atoms with van der Waals surface area (Å²) in [5, 5.41) is 0. The van der Waals surface area contributed by atoms with Crippen LogP contribution in [0.25, 0.3) is 0 Å². The summed E-state index contributed by atoms with van der Waals surface area (Å²) < 4.78 is 0. The molecule has 1 aromatic rings. The van der Waals surface area contributed by atoms with E-state index in [1.54, 1.807) is 0 Å².